The van der Waals surface area contributed by atoms with Crippen LogP contribution in [0, 0.1) is 0 Å². The standard InChI is InChI=1S/C22H20Ge/c1-23(2)20-16-10-9-15-19(20)21(17-11-5-3-6-12-17)22(23)18-13-7-4-8-14-18/h3-16H,1-2H3. The first-order valence-electron chi connectivity index (χ1n) is 8.15. The number of rotatable bonds is 2. The zero-order chi connectivity index (χ0) is 15.9. The minimum absolute atomic E-state index is 1.34. The van der Waals surface area contributed by atoms with E-state index >= 15 is 0 Å². The van der Waals surface area contributed by atoms with Gasteiger partial charge in [-0.3, -0.25) is 0 Å². The molecule has 0 aromatic heterocycles. The van der Waals surface area contributed by atoms with Gasteiger partial charge < -0.3 is 0 Å². The van der Waals surface area contributed by atoms with E-state index < -0.39 is 13.3 Å². The van der Waals surface area contributed by atoms with Gasteiger partial charge in [-0.1, -0.05) is 0 Å². The van der Waals surface area contributed by atoms with Gasteiger partial charge in [-0.25, -0.2) is 0 Å². The second-order valence-electron chi connectivity index (χ2n) is 6.65. The summed E-state index contributed by atoms with van der Waals surface area (Å²) in [4.78, 5) is 0. The summed E-state index contributed by atoms with van der Waals surface area (Å²) >= 11 is -2.29. The van der Waals surface area contributed by atoms with E-state index in [0.717, 1.165) is 0 Å². The predicted octanol–water partition coefficient (Wildman–Crippen LogP) is 5.11. The first-order valence-corrected chi connectivity index (χ1v) is 14.4. The zero-order valence-corrected chi connectivity index (χ0v) is 15.7. The molecule has 0 unspecified atom stereocenters. The van der Waals surface area contributed by atoms with Crippen LogP contribution in [0.2, 0.25) is 11.5 Å². The van der Waals surface area contributed by atoms with Crippen LogP contribution >= 0.6 is 0 Å². The van der Waals surface area contributed by atoms with E-state index in [2.05, 4.69) is 96.4 Å². The maximum atomic E-state index is 2.52. The van der Waals surface area contributed by atoms with Crippen molar-refractivity contribution in [1.82, 2.24) is 0 Å². The third-order valence-electron chi connectivity index (χ3n) is 4.87. The summed E-state index contributed by atoms with van der Waals surface area (Å²) < 4.78 is 3.21. The summed E-state index contributed by atoms with van der Waals surface area (Å²) in [5.41, 5.74) is 5.64. The van der Waals surface area contributed by atoms with Crippen molar-refractivity contribution in [2.75, 3.05) is 0 Å². The average molecular weight is 357 g/mol. The molecule has 112 valence electrons. The first-order chi connectivity index (χ1) is 11.2. The Morgan fingerprint density at radius 1 is 0.565 bits per heavy atom. The number of hydrogen-bond acceptors (Lipinski definition) is 0. The summed E-state index contributed by atoms with van der Waals surface area (Å²) in [6, 6.07) is 30.9. The van der Waals surface area contributed by atoms with E-state index in [1.807, 2.05) is 0 Å². The molecule has 0 fully saturated rings. The molecule has 0 aliphatic carbocycles. The second-order valence-corrected chi connectivity index (χ2v) is 15.7. The third kappa shape index (κ3) is 2.29. The van der Waals surface area contributed by atoms with Crippen LogP contribution in [-0.4, -0.2) is 13.3 Å². The van der Waals surface area contributed by atoms with Crippen LogP contribution < -0.4 is 4.40 Å². The second kappa shape index (κ2) is 5.54. The monoisotopic (exact) mass is 358 g/mol. The quantitative estimate of drug-likeness (QED) is 0.559. The van der Waals surface area contributed by atoms with Crippen molar-refractivity contribution in [3.8, 4) is 0 Å². The van der Waals surface area contributed by atoms with E-state index in [4.69, 9.17) is 0 Å². The Morgan fingerprint density at radius 2 is 1.09 bits per heavy atom. The molecule has 3 aromatic rings. The molecular formula is C22H20Ge. The van der Waals surface area contributed by atoms with Crippen molar-refractivity contribution in [2.24, 2.45) is 0 Å². The molecule has 0 amide bonds. The van der Waals surface area contributed by atoms with Gasteiger partial charge in [0.05, 0.1) is 0 Å². The van der Waals surface area contributed by atoms with Gasteiger partial charge in [0.1, 0.15) is 0 Å². The van der Waals surface area contributed by atoms with E-state index in [-0.39, 0.29) is 0 Å². The molecule has 0 saturated carbocycles. The van der Waals surface area contributed by atoms with Gasteiger partial charge in [0.2, 0.25) is 0 Å². The molecule has 1 heteroatoms. The predicted molar refractivity (Wildman–Crippen MR) is 102 cm³/mol. The third-order valence-corrected chi connectivity index (χ3v) is 12.4. The zero-order valence-electron chi connectivity index (χ0n) is 13.6. The fourth-order valence-corrected chi connectivity index (χ4v) is 11.1. The van der Waals surface area contributed by atoms with Crippen molar-refractivity contribution in [2.45, 2.75) is 11.5 Å². The fourth-order valence-electron chi connectivity index (χ4n) is 3.84. The van der Waals surface area contributed by atoms with Gasteiger partial charge in [0, 0.05) is 0 Å². The van der Waals surface area contributed by atoms with E-state index in [1.165, 1.54) is 22.3 Å². The normalized spacial score (nSPS) is 15.6. The average Bonchev–Trinajstić information content (AvgIpc) is 2.84. The fraction of sp³-hybridized carbons (Fsp3) is 0.0909. The van der Waals surface area contributed by atoms with Crippen LogP contribution in [0.1, 0.15) is 16.7 Å². The van der Waals surface area contributed by atoms with Crippen LogP contribution in [0.5, 0.6) is 0 Å². The topological polar surface area (TPSA) is 0 Å². The van der Waals surface area contributed by atoms with Gasteiger partial charge >= 0.3 is 141 Å². The Bertz CT molecular complexity index is 874. The van der Waals surface area contributed by atoms with Gasteiger partial charge in [0.15, 0.2) is 0 Å². The molecule has 1 heterocycles. The Labute approximate surface area is 140 Å². The SMILES string of the molecule is [CH3][Ge]1([CH3])[C](c2ccccc2)=C(c2ccccc2)c2cccc[c]21. The molecule has 0 atom stereocenters. The first kappa shape index (κ1) is 14.5. The van der Waals surface area contributed by atoms with Crippen molar-refractivity contribution in [1.29, 1.82) is 0 Å². The Morgan fingerprint density at radius 3 is 1.74 bits per heavy atom. The summed E-state index contributed by atoms with van der Waals surface area (Å²) in [5, 5.41) is 0. The Hall–Kier alpha value is -2.06. The molecule has 0 nitrogen and oxygen atoms in total. The molecule has 4 rings (SSSR count). The summed E-state index contributed by atoms with van der Waals surface area (Å²) in [7, 11) is 0. The number of hydrogen-bond donors (Lipinski definition) is 0. The molecular weight excluding hydrogens is 337 g/mol. The minimum atomic E-state index is -2.29. The number of benzene rings is 3. The molecule has 3 aromatic carbocycles. The van der Waals surface area contributed by atoms with Gasteiger partial charge in [-0.2, -0.15) is 0 Å². The molecule has 0 N–H and O–H groups in total. The van der Waals surface area contributed by atoms with Crippen molar-refractivity contribution in [3.05, 3.63) is 102 Å². The molecule has 0 bridgehead atoms. The van der Waals surface area contributed by atoms with Crippen molar-refractivity contribution < 1.29 is 0 Å². The van der Waals surface area contributed by atoms with E-state index in [9.17, 15) is 0 Å². The van der Waals surface area contributed by atoms with Gasteiger partial charge in [0.25, 0.3) is 0 Å². The van der Waals surface area contributed by atoms with Crippen molar-refractivity contribution >= 4 is 27.6 Å². The number of fused-ring (bicyclic) bond motifs is 1. The maximum absolute atomic E-state index is 2.52. The van der Waals surface area contributed by atoms with Gasteiger partial charge in [-0.05, 0) is 0 Å². The van der Waals surface area contributed by atoms with E-state index in [1.54, 1.807) is 8.80 Å². The van der Waals surface area contributed by atoms with Crippen LogP contribution in [0.25, 0.3) is 9.98 Å². The molecule has 0 saturated heterocycles. The molecule has 1 aliphatic rings. The Kier molecular flexibility index (Phi) is 3.50. The van der Waals surface area contributed by atoms with E-state index in [0.29, 0.717) is 0 Å². The van der Waals surface area contributed by atoms with Gasteiger partial charge in [-0.15, -0.1) is 0 Å². The summed E-state index contributed by atoms with van der Waals surface area (Å²) in [6.45, 7) is 0. The van der Waals surface area contributed by atoms with Crippen molar-refractivity contribution in [3.63, 3.8) is 0 Å². The van der Waals surface area contributed by atoms with Crippen LogP contribution in [-0.2, 0) is 0 Å². The molecule has 0 radical (unpaired) electrons. The Balaban J connectivity index is 2.08. The summed E-state index contributed by atoms with van der Waals surface area (Å²) in [5.74, 6) is 5.05. The molecule has 0 spiro atoms. The van der Waals surface area contributed by atoms with Crippen LogP contribution in [0.4, 0.5) is 0 Å². The van der Waals surface area contributed by atoms with Crippen LogP contribution in [0.3, 0.4) is 0 Å². The molecule has 1 aliphatic heterocycles. The van der Waals surface area contributed by atoms with Crippen LogP contribution in [0.15, 0.2) is 84.9 Å². The molecule has 23 heavy (non-hydrogen) atoms. The summed E-state index contributed by atoms with van der Waals surface area (Å²) in [6.07, 6.45) is 0.